The average Bonchev–Trinajstić information content (AvgIpc) is 3.15. The van der Waals surface area contributed by atoms with Gasteiger partial charge in [-0.15, -0.1) is 0 Å². The van der Waals surface area contributed by atoms with Gasteiger partial charge in [-0.05, 0) is 62.2 Å². The minimum atomic E-state index is -0.160. The van der Waals surface area contributed by atoms with Crippen molar-refractivity contribution in [2.24, 2.45) is 0 Å². The van der Waals surface area contributed by atoms with Crippen molar-refractivity contribution in [2.45, 2.75) is 20.8 Å². The summed E-state index contributed by atoms with van der Waals surface area (Å²) in [6.45, 7) is 5.94. The number of nitrogens with zero attached hydrogens (tertiary/aromatic N) is 2. The number of ether oxygens (including phenoxy) is 1. The van der Waals surface area contributed by atoms with Gasteiger partial charge in [0, 0.05) is 23.5 Å². The van der Waals surface area contributed by atoms with Crippen LogP contribution in [0.1, 0.15) is 27.0 Å². The Hall–Kier alpha value is -3.60. The summed E-state index contributed by atoms with van der Waals surface area (Å²) < 4.78 is 7.47. The number of aromatic nitrogens is 2. The SMILES string of the molecule is COc1ccc(-c2cn3cccc(C)c3n2)cc1NC(=O)c1cc(C)ccc1C. The van der Waals surface area contributed by atoms with Crippen molar-refractivity contribution < 1.29 is 9.53 Å². The van der Waals surface area contributed by atoms with Gasteiger partial charge in [0.1, 0.15) is 11.4 Å². The first-order valence-electron chi connectivity index (χ1n) is 9.47. The highest BCUT2D eigenvalue weighted by Gasteiger charge is 2.14. The summed E-state index contributed by atoms with van der Waals surface area (Å²) in [6, 6.07) is 15.6. The van der Waals surface area contributed by atoms with Crippen LogP contribution in [0.25, 0.3) is 16.9 Å². The summed E-state index contributed by atoms with van der Waals surface area (Å²) >= 11 is 0. The molecule has 0 aliphatic heterocycles. The molecule has 1 amide bonds. The predicted molar refractivity (Wildman–Crippen MR) is 116 cm³/mol. The molecule has 0 radical (unpaired) electrons. The molecule has 146 valence electrons. The zero-order valence-corrected chi connectivity index (χ0v) is 17.0. The highest BCUT2D eigenvalue weighted by Crippen LogP contribution is 2.31. The summed E-state index contributed by atoms with van der Waals surface area (Å²) in [6.07, 6.45) is 3.96. The standard InChI is InChI=1S/C24H23N3O2/c1-15-7-8-16(2)19(12-15)24(28)26-20-13-18(9-10-22(20)29-4)21-14-27-11-5-6-17(3)23(27)25-21/h5-14H,1-4H3,(H,26,28). The average molecular weight is 385 g/mol. The Morgan fingerprint density at radius 1 is 1.03 bits per heavy atom. The van der Waals surface area contributed by atoms with Gasteiger partial charge in [0.2, 0.25) is 0 Å². The van der Waals surface area contributed by atoms with Gasteiger partial charge in [-0.3, -0.25) is 4.79 Å². The number of imidazole rings is 1. The molecule has 0 aliphatic rings. The summed E-state index contributed by atoms with van der Waals surface area (Å²) in [5, 5.41) is 3.00. The highest BCUT2D eigenvalue weighted by atomic mass is 16.5. The molecule has 0 fully saturated rings. The second-order valence-corrected chi connectivity index (χ2v) is 7.24. The van der Waals surface area contributed by atoms with Gasteiger partial charge in [-0.2, -0.15) is 0 Å². The molecule has 0 saturated carbocycles. The number of fused-ring (bicyclic) bond motifs is 1. The Balaban J connectivity index is 1.72. The summed E-state index contributed by atoms with van der Waals surface area (Å²) in [5.74, 6) is 0.444. The van der Waals surface area contributed by atoms with Crippen molar-refractivity contribution in [2.75, 3.05) is 12.4 Å². The van der Waals surface area contributed by atoms with E-state index in [1.165, 1.54) is 0 Å². The van der Waals surface area contributed by atoms with Gasteiger partial charge < -0.3 is 14.5 Å². The molecular formula is C24H23N3O2. The first-order chi connectivity index (χ1) is 14.0. The van der Waals surface area contributed by atoms with Crippen LogP contribution in [0.2, 0.25) is 0 Å². The lowest BCUT2D eigenvalue weighted by molar-refractivity contribution is 0.102. The topological polar surface area (TPSA) is 55.6 Å². The third kappa shape index (κ3) is 3.59. The van der Waals surface area contributed by atoms with Crippen molar-refractivity contribution in [1.82, 2.24) is 9.38 Å². The predicted octanol–water partition coefficient (Wildman–Crippen LogP) is 5.19. The number of hydrogen-bond donors (Lipinski definition) is 1. The summed E-state index contributed by atoms with van der Waals surface area (Å²) in [5.41, 5.74) is 7.01. The third-order valence-electron chi connectivity index (χ3n) is 5.06. The molecule has 0 spiro atoms. The van der Waals surface area contributed by atoms with Crippen LogP contribution < -0.4 is 10.1 Å². The molecule has 4 aromatic rings. The maximum absolute atomic E-state index is 12.9. The Bertz CT molecular complexity index is 1220. The Labute approximate surface area is 170 Å². The number of pyridine rings is 1. The summed E-state index contributed by atoms with van der Waals surface area (Å²) in [4.78, 5) is 17.7. The van der Waals surface area contributed by atoms with Gasteiger partial charge in [0.05, 0.1) is 18.5 Å². The highest BCUT2D eigenvalue weighted by molar-refractivity contribution is 6.06. The fourth-order valence-corrected chi connectivity index (χ4v) is 3.43. The fourth-order valence-electron chi connectivity index (χ4n) is 3.43. The number of carbonyl (C=O) groups is 1. The van der Waals surface area contributed by atoms with E-state index >= 15 is 0 Å². The molecule has 0 saturated heterocycles. The van der Waals surface area contributed by atoms with Crippen LogP contribution in [-0.4, -0.2) is 22.4 Å². The van der Waals surface area contributed by atoms with Gasteiger partial charge >= 0.3 is 0 Å². The number of hydrogen-bond acceptors (Lipinski definition) is 3. The first kappa shape index (κ1) is 18.7. The van der Waals surface area contributed by atoms with E-state index < -0.39 is 0 Å². The molecule has 2 aromatic heterocycles. The first-order valence-corrected chi connectivity index (χ1v) is 9.47. The fraction of sp³-hybridized carbons (Fsp3) is 0.167. The Kier molecular flexibility index (Phi) is 4.80. The van der Waals surface area contributed by atoms with Crippen LogP contribution in [0.4, 0.5) is 5.69 Å². The van der Waals surface area contributed by atoms with E-state index in [1.807, 2.05) is 86.1 Å². The van der Waals surface area contributed by atoms with E-state index in [-0.39, 0.29) is 5.91 Å². The van der Waals surface area contributed by atoms with E-state index in [9.17, 15) is 4.79 Å². The number of benzene rings is 2. The molecule has 5 heteroatoms. The van der Waals surface area contributed by atoms with Gasteiger partial charge in [0.15, 0.2) is 0 Å². The smallest absolute Gasteiger partial charge is 0.256 e. The molecule has 0 bridgehead atoms. The van der Waals surface area contributed by atoms with Gasteiger partial charge in [0.25, 0.3) is 5.91 Å². The molecule has 0 atom stereocenters. The lowest BCUT2D eigenvalue weighted by Crippen LogP contribution is -2.14. The number of nitrogens with one attached hydrogen (secondary N) is 1. The molecule has 0 aliphatic carbocycles. The molecule has 4 rings (SSSR count). The normalized spacial score (nSPS) is 10.9. The second-order valence-electron chi connectivity index (χ2n) is 7.24. The van der Waals surface area contributed by atoms with Crippen LogP contribution in [0, 0.1) is 20.8 Å². The minimum Gasteiger partial charge on any atom is -0.495 e. The quantitative estimate of drug-likeness (QED) is 0.526. The van der Waals surface area contributed by atoms with Gasteiger partial charge in [-0.1, -0.05) is 23.8 Å². The Morgan fingerprint density at radius 2 is 1.86 bits per heavy atom. The number of carbonyl (C=O) groups excluding carboxylic acids is 1. The largest absolute Gasteiger partial charge is 0.495 e. The maximum Gasteiger partial charge on any atom is 0.256 e. The Morgan fingerprint density at radius 3 is 2.62 bits per heavy atom. The number of methoxy groups -OCH3 is 1. The molecule has 5 nitrogen and oxygen atoms in total. The monoisotopic (exact) mass is 385 g/mol. The number of rotatable bonds is 4. The molecule has 0 unspecified atom stereocenters. The van der Waals surface area contributed by atoms with Crippen molar-refractivity contribution in [3.63, 3.8) is 0 Å². The van der Waals surface area contributed by atoms with Crippen molar-refractivity contribution in [3.8, 4) is 17.0 Å². The zero-order valence-electron chi connectivity index (χ0n) is 17.0. The van der Waals surface area contributed by atoms with Crippen LogP contribution in [0.5, 0.6) is 5.75 Å². The molecular weight excluding hydrogens is 362 g/mol. The lowest BCUT2D eigenvalue weighted by atomic mass is 10.0. The third-order valence-corrected chi connectivity index (χ3v) is 5.06. The zero-order chi connectivity index (χ0) is 20.5. The number of anilines is 1. The van der Waals surface area contributed by atoms with Crippen molar-refractivity contribution in [1.29, 1.82) is 0 Å². The molecule has 29 heavy (non-hydrogen) atoms. The van der Waals surface area contributed by atoms with E-state index in [2.05, 4.69) is 5.32 Å². The van der Waals surface area contributed by atoms with Crippen LogP contribution in [-0.2, 0) is 0 Å². The van der Waals surface area contributed by atoms with E-state index in [0.29, 0.717) is 17.0 Å². The molecule has 1 N–H and O–H groups in total. The van der Waals surface area contributed by atoms with Crippen molar-refractivity contribution in [3.05, 3.63) is 83.2 Å². The lowest BCUT2D eigenvalue weighted by Gasteiger charge is -2.13. The van der Waals surface area contributed by atoms with E-state index in [0.717, 1.165) is 33.6 Å². The molecule has 2 heterocycles. The van der Waals surface area contributed by atoms with Crippen LogP contribution in [0.3, 0.4) is 0 Å². The maximum atomic E-state index is 12.9. The van der Waals surface area contributed by atoms with Crippen molar-refractivity contribution >= 4 is 17.2 Å². The second kappa shape index (κ2) is 7.43. The molecule has 2 aromatic carbocycles. The number of aryl methyl sites for hydroxylation is 3. The van der Waals surface area contributed by atoms with E-state index in [1.54, 1.807) is 7.11 Å². The van der Waals surface area contributed by atoms with Crippen LogP contribution in [0.15, 0.2) is 60.9 Å². The van der Waals surface area contributed by atoms with Gasteiger partial charge in [-0.25, -0.2) is 4.98 Å². The minimum absolute atomic E-state index is 0.160. The van der Waals surface area contributed by atoms with Crippen LogP contribution >= 0.6 is 0 Å². The summed E-state index contributed by atoms with van der Waals surface area (Å²) in [7, 11) is 1.59. The number of amides is 1. The van der Waals surface area contributed by atoms with E-state index in [4.69, 9.17) is 9.72 Å².